The lowest BCUT2D eigenvalue weighted by molar-refractivity contribution is 0.589. The van der Waals surface area contributed by atoms with Crippen LogP contribution < -0.4 is 0 Å². The Morgan fingerprint density at radius 1 is 1.50 bits per heavy atom. The highest BCUT2D eigenvalue weighted by atomic mass is 19.1. The van der Waals surface area contributed by atoms with Crippen molar-refractivity contribution in [3.8, 4) is 0 Å². The van der Waals surface area contributed by atoms with Crippen LogP contribution in [0.5, 0.6) is 0 Å². The molecular weight excluding hydrogens is 103 g/mol. The monoisotopic (exact) mass is 116 g/mol. The minimum absolute atomic E-state index is 0.613. The van der Waals surface area contributed by atoms with E-state index in [0.29, 0.717) is 12.2 Å². The second-order valence-corrected chi connectivity index (χ2v) is 2.33. The molecule has 48 valence electrons. The predicted octanol–water partition coefficient (Wildman–Crippen LogP) is 2.91. The van der Waals surface area contributed by atoms with Crippen molar-refractivity contribution in [1.29, 1.82) is 0 Å². The van der Waals surface area contributed by atoms with Crippen molar-refractivity contribution in [3.63, 3.8) is 0 Å². The van der Waals surface area contributed by atoms with Crippen LogP contribution in [0.15, 0.2) is 12.4 Å². The lowest BCUT2D eigenvalue weighted by atomic mass is 10.1. The number of hydrogen-bond acceptors (Lipinski definition) is 0. The zero-order chi connectivity index (χ0) is 6.41. The SMILES string of the molecule is CC(C)CCC=CF. The zero-order valence-corrected chi connectivity index (χ0v) is 5.52. The summed E-state index contributed by atoms with van der Waals surface area (Å²) in [6.45, 7) is 4.26. The maximum absolute atomic E-state index is 11.3. The molecule has 0 nitrogen and oxygen atoms in total. The van der Waals surface area contributed by atoms with Crippen molar-refractivity contribution >= 4 is 0 Å². The average molecular weight is 116 g/mol. The van der Waals surface area contributed by atoms with Crippen LogP contribution in [0.25, 0.3) is 0 Å². The smallest absolute Gasteiger partial charge is 0.0827 e. The second-order valence-electron chi connectivity index (χ2n) is 2.33. The summed E-state index contributed by atoms with van der Waals surface area (Å²) in [4.78, 5) is 0. The number of rotatable bonds is 3. The largest absolute Gasteiger partial charge is 0.216 e. The molecule has 0 heterocycles. The topological polar surface area (TPSA) is 0 Å². The van der Waals surface area contributed by atoms with Crippen LogP contribution in [0, 0.1) is 5.92 Å². The highest BCUT2D eigenvalue weighted by molar-refractivity contribution is 4.71. The Bertz CT molecular complexity index is 64.8. The summed E-state index contributed by atoms with van der Waals surface area (Å²) >= 11 is 0. The van der Waals surface area contributed by atoms with E-state index in [0.717, 1.165) is 12.8 Å². The summed E-state index contributed by atoms with van der Waals surface area (Å²) < 4.78 is 11.3. The van der Waals surface area contributed by atoms with E-state index in [1.807, 2.05) is 0 Å². The third-order valence-corrected chi connectivity index (χ3v) is 1.000. The third-order valence-electron chi connectivity index (χ3n) is 1.000. The molecule has 0 spiro atoms. The van der Waals surface area contributed by atoms with Gasteiger partial charge in [-0.15, -0.1) is 0 Å². The fourth-order valence-electron chi connectivity index (χ4n) is 0.493. The summed E-state index contributed by atoms with van der Waals surface area (Å²) in [5, 5.41) is 0. The van der Waals surface area contributed by atoms with Crippen LogP contribution in [0.4, 0.5) is 4.39 Å². The Labute approximate surface area is 50.4 Å². The van der Waals surface area contributed by atoms with Gasteiger partial charge in [-0.05, 0) is 18.8 Å². The normalized spacial score (nSPS) is 11.5. The summed E-state index contributed by atoms with van der Waals surface area (Å²) in [7, 11) is 0. The van der Waals surface area contributed by atoms with E-state index in [1.165, 1.54) is 0 Å². The first kappa shape index (κ1) is 7.67. The Balaban J connectivity index is 2.93. The van der Waals surface area contributed by atoms with Crippen LogP contribution in [0.1, 0.15) is 26.7 Å². The van der Waals surface area contributed by atoms with E-state index in [-0.39, 0.29) is 0 Å². The number of allylic oxidation sites excluding steroid dienone is 1. The second kappa shape index (κ2) is 4.82. The molecule has 0 radical (unpaired) electrons. The van der Waals surface area contributed by atoms with Crippen LogP contribution >= 0.6 is 0 Å². The van der Waals surface area contributed by atoms with Gasteiger partial charge in [0.15, 0.2) is 0 Å². The van der Waals surface area contributed by atoms with Crippen LogP contribution in [0.3, 0.4) is 0 Å². The predicted molar refractivity (Wildman–Crippen MR) is 34.3 cm³/mol. The maximum atomic E-state index is 11.3. The molecule has 0 aromatic rings. The van der Waals surface area contributed by atoms with E-state index >= 15 is 0 Å². The van der Waals surface area contributed by atoms with Crippen molar-refractivity contribution in [2.75, 3.05) is 0 Å². The van der Waals surface area contributed by atoms with E-state index in [4.69, 9.17) is 0 Å². The van der Waals surface area contributed by atoms with Gasteiger partial charge in [0.05, 0.1) is 6.33 Å². The van der Waals surface area contributed by atoms with Gasteiger partial charge in [-0.2, -0.15) is 0 Å². The summed E-state index contributed by atoms with van der Waals surface area (Å²) in [5.74, 6) is 0.686. The fraction of sp³-hybridized carbons (Fsp3) is 0.714. The van der Waals surface area contributed by atoms with Gasteiger partial charge >= 0.3 is 0 Å². The molecule has 0 amide bonds. The first-order chi connectivity index (χ1) is 3.77. The molecule has 0 fully saturated rings. The van der Waals surface area contributed by atoms with Crippen molar-refractivity contribution in [1.82, 2.24) is 0 Å². The van der Waals surface area contributed by atoms with Crippen molar-refractivity contribution in [2.45, 2.75) is 26.7 Å². The van der Waals surface area contributed by atoms with Crippen molar-refractivity contribution < 1.29 is 4.39 Å². The minimum Gasteiger partial charge on any atom is -0.216 e. The van der Waals surface area contributed by atoms with Crippen LogP contribution in [-0.4, -0.2) is 0 Å². The molecule has 0 saturated carbocycles. The first-order valence-electron chi connectivity index (χ1n) is 3.02. The molecule has 0 aromatic heterocycles. The van der Waals surface area contributed by atoms with Crippen molar-refractivity contribution in [3.05, 3.63) is 12.4 Å². The lowest BCUT2D eigenvalue weighted by Gasteiger charge is -1.97. The first-order valence-corrected chi connectivity index (χ1v) is 3.02. The zero-order valence-electron chi connectivity index (χ0n) is 5.52. The van der Waals surface area contributed by atoms with Crippen LogP contribution in [-0.2, 0) is 0 Å². The molecule has 0 saturated heterocycles. The minimum atomic E-state index is 0.613. The number of halogens is 1. The molecule has 0 aromatic carbocycles. The molecule has 0 aliphatic heterocycles. The van der Waals surface area contributed by atoms with Crippen molar-refractivity contribution in [2.24, 2.45) is 5.92 Å². The average Bonchev–Trinajstić information content (AvgIpc) is 1.66. The molecule has 0 aliphatic rings. The molecule has 0 bridgehead atoms. The quantitative estimate of drug-likeness (QED) is 0.531. The Morgan fingerprint density at radius 2 is 2.12 bits per heavy atom. The van der Waals surface area contributed by atoms with Crippen LogP contribution in [0.2, 0.25) is 0 Å². The van der Waals surface area contributed by atoms with Gasteiger partial charge in [-0.25, -0.2) is 4.39 Å². The highest BCUT2D eigenvalue weighted by Crippen LogP contribution is 2.03. The standard InChI is InChI=1S/C7H13F/c1-7(2)5-3-4-6-8/h4,6-7H,3,5H2,1-2H3. The van der Waals surface area contributed by atoms with E-state index < -0.39 is 0 Å². The number of hydrogen-bond donors (Lipinski definition) is 0. The molecule has 1 heteroatoms. The maximum Gasteiger partial charge on any atom is 0.0827 e. The lowest BCUT2D eigenvalue weighted by Crippen LogP contribution is -1.82. The summed E-state index contributed by atoms with van der Waals surface area (Å²) in [6.07, 6.45) is 4.12. The molecule has 0 aliphatic carbocycles. The molecule has 8 heavy (non-hydrogen) atoms. The Morgan fingerprint density at radius 3 is 2.50 bits per heavy atom. The highest BCUT2D eigenvalue weighted by Gasteiger charge is 1.88. The van der Waals surface area contributed by atoms with Gasteiger partial charge in [-0.3, -0.25) is 0 Å². The molecule has 0 rings (SSSR count). The molecule has 0 N–H and O–H groups in total. The Hall–Kier alpha value is -0.330. The Kier molecular flexibility index (Phi) is 4.62. The van der Waals surface area contributed by atoms with Gasteiger partial charge in [-0.1, -0.05) is 19.9 Å². The third kappa shape index (κ3) is 5.67. The van der Waals surface area contributed by atoms with Gasteiger partial charge in [0.1, 0.15) is 0 Å². The fourth-order valence-corrected chi connectivity index (χ4v) is 0.493. The molecular formula is C7H13F. The van der Waals surface area contributed by atoms with Gasteiger partial charge in [0.2, 0.25) is 0 Å². The summed E-state index contributed by atoms with van der Waals surface area (Å²) in [6, 6.07) is 0. The van der Waals surface area contributed by atoms with E-state index in [2.05, 4.69) is 13.8 Å². The summed E-state index contributed by atoms with van der Waals surface area (Å²) in [5.41, 5.74) is 0. The molecule has 0 atom stereocenters. The van der Waals surface area contributed by atoms with E-state index in [9.17, 15) is 4.39 Å². The van der Waals surface area contributed by atoms with Gasteiger partial charge in [0.25, 0.3) is 0 Å². The van der Waals surface area contributed by atoms with E-state index in [1.54, 1.807) is 6.08 Å². The molecule has 0 unspecified atom stereocenters. The van der Waals surface area contributed by atoms with Gasteiger partial charge in [0, 0.05) is 0 Å². The van der Waals surface area contributed by atoms with Gasteiger partial charge < -0.3 is 0 Å².